The molecule has 0 aliphatic carbocycles. The van der Waals surface area contributed by atoms with Crippen LogP contribution in [0.5, 0.6) is 0 Å². The molecule has 0 saturated carbocycles. The number of ether oxygens (including phenoxy) is 1. The first kappa shape index (κ1) is 22.5. The molecule has 1 amide bonds. The van der Waals surface area contributed by atoms with E-state index in [4.69, 9.17) is 9.72 Å². The van der Waals surface area contributed by atoms with Gasteiger partial charge in [-0.05, 0) is 39.3 Å². The highest BCUT2D eigenvalue weighted by Crippen LogP contribution is 2.23. The molecule has 1 aliphatic heterocycles. The number of rotatable bonds is 5. The van der Waals surface area contributed by atoms with E-state index in [1.54, 1.807) is 33.9 Å². The molecular weight excluding hydrogens is 418 g/mol. The molecule has 2 aromatic heterocycles. The molecule has 1 saturated heterocycles. The first-order chi connectivity index (χ1) is 15.8. The SMILES string of the molecule is Cc1[nH]c(C(=O)N2CCN(c3ccnc(-c4ccccc4)n3)CC2)c(C)c1C(=O)OC(C)C. The van der Waals surface area contributed by atoms with E-state index in [0.717, 1.165) is 11.4 Å². The molecule has 8 heteroatoms. The van der Waals surface area contributed by atoms with E-state index >= 15 is 0 Å². The molecule has 0 atom stereocenters. The summed E-state index contributed by atoms with van der Waals surface area (Å²) in [6.07, 6.45) is 1.55. The van der Waals surface area contributed by atoms with Crippen LogP contribution >= 0.6 is 0 Å². The van der Waals surface area contributed by atoms with Crippen molar-refractivity contribution in [3.63, 3.8) is 0 Å². The number of carbonyl (C=O) groups excluding carboxylic acids is 2. The van der Waals surface area contributed by atoms with Crippen molar-refractivity contribution in [3.05, 3.63) is 65.1 Å². The van der Waals surface area contributed by atoms with Gasteiger partial charge in [0.15, 0.2) is 5.82 Å². The minimum atomic E-state index is -0.405. The number of aromatic amines is 1. The van der Waals surface area contributed by atoms with E-state index in [0.29, 0.717) is 54.5 Å². The number of anilines is 1. The minimum Gasteiger partial charge on any atom is -0.459 e. The molecule has 1 N–H and O–H groups in total. The van der Waals surface area contributed by atoms with E-state index < -0.39 is 5.97 Å². The molecule has 33 heavy (non-hydrogen) atoms. The Morgan fingerprint density at radius 1 is 1.03 bits per heavy atom. The Balaban J connectivity index is 1.45. The van der Waals surface area contributed by atoms with Crippen molar-refractivity contribution >= 4 is 17.7 Å². The Hall–Kier alpha value is -3.68. The first-order valence-corrected chi connectivity index (χ1v) is 11.2. The average molecular weight is 448 g/mol. The number of piperazine rings is 1. The molecule has 0 radical (unpaired) electrons. The largest absolute Gasteiger partial charge is 0.459 e. The summed E-state index contributed by atoms with van der Waals surface area (Å²) < 4.78 is 5.34. The van der Waals surface area contributed by atoms with Crippen molar-refractivity contribution in [1.82, 2.24) is 19.9 Å². The number of H-pyrrole nitrogens is 1. The molecular formula is C25H29N5O3. The summed E-state index contributed by atoms with van der Waals surface area (Å²) in [5, 5.41) is 0. The van der Waals surface area contributed by atoms with E-state index in [2.05, 4.69) is 14.9 Å². The smallest absolute Gasteiger partial charge is 0.340 e. The van der Waals surface area contributed by atoms with Crippen LogP contribution in [-0.2, 0) is 4.74 Å². The standard InChI is InChI=1S/C25H29N5O3/c1-16(2)33-25(32)21-17(3)22(27-18(21)4)24(31)30-14-12-29(13-15-30)20-10-11-26-23(28-20)19-8-6-5-7-9-19/h5-11,16,27H,12-15H2,1-4H3. The highest BCUT2D eigenvalue weighted by molar-refractivity contribution is 6.00. The zero-order valence-electron chi connectivity index (χ0n) is 19.5. The third kappa shape index (κ3) is 4.74. The number of hydrogen-bond acceptors (Lipinski definition) is 6. The molecule has 0 unspecified atom stereocenters. The number of aryl methyl sites for hydroxylation is 1. The second kappa shape index (κ2) is 9.44. The Labute approximate surface area is 193 Å². The molecule has 3 aromatic rings. The lowest BCUT2D eigenvalue weighted by Gasteiger charge is -2.35. The van der Waals surface area contributed by atoms with Gasteiger partial charge in [-0.2, -0.15) is 0 Å². The van der Waals surface area contributed by atoms with Crippen LogP contribution in [0.4, 0.5) is 5.82 Å². The number of amides is 1. The van der Waals surface area contributed by atoms with E-state index in [9.17, 15) is 9.59 Å². The molecule has 4 rings (SSSR count). The number of benzene rings is 1. The van der Waals surface area contributed by atoms with Crippen LogP contribution < -0.4 is 4.90 Å². The molecule has 172 valence electrons. The normalized spacial score (nSPS) is 14.0. The van der Waals surface area contributed by atoms with Gasteiger partial charge in [0.25, 0.3) is 5.91 Å². The summed E-state index contributed by atoms with van der Waals surface area (Å²) in [4.78, 5) is 41.9. The quantitative estimate of drug-likeness (QED) is 0.601. The van der Waals surface area contributed by atoms with Gasteiger partial charge in [-0.25, -0.2) is 14.8 Å². The first-order valence-electron chi connectivity index (χ1n) is 11.2. The molecule has 8 nitrogen and oxygen atoms in total. The van der Waals surface area contributed by atoms with Gasteiger partial charge in [0.1, 0.15) is 11.5 Å². The second-order valence-electron chi connectivity index (χ2n) is 8.46. The maximum Gasteiger partial charge on any atom is 0.340 e. The lowest BCUT2D eigenvalue weighted by atomic mass is 10.1. The highest BCUT2D eigenvalue weighted by Gasteiger charge is 2.28. The second-order valence-corrected chi connectivity index (χ2v) is 8.46. The van der Waals surface area contributed by atoms with E-state index in [-0.39, 0.29) is 12.0 Å². The van der Waals surface area contributed by atoms with Gasteiger partial charge in [0, 0.05) is 43.6 Å². The maximum absolute atomic E-state index is 13.2. The van der Waals surface area contributed by atoms with Crippen LogP contribution in [0.25, 0.3) is 11.4 Å². The fourth-order valence-electron chi connectivity index (χ4n) is 4.09. The molecule has 1 aliphatic rings. The third-order valence-corrected chi connectivity index (χ3v) is 5.76. The van der Waals surface area contributed by atoms with Crippen molar-refractivity contribution in [2.75, 3.05) is 31.1 Å². The summed E-state index contributed by atoms with van der Waals surface area (Å²) in [5.74, 6) is 1.02. The fourth-order valence-corrected chi connectivity index (χ4v) is 4.09. The molecule has 1 fully saturated rings. The summed E-state index contributed by atoms with van der Waals surface area (Å²) in [6.45, 7) is 9.64. The van der Waals surface area contributed by atoms with Crippen LogP contribution in [0.15, 0.2) is 42.6 Å². The topological polar surface area (TPSA) is 91.4 Å². The number of nitrogens with zero attached hydrogens (tertiary/aromatic N) is 4. The number of nitrogens with one attached hydrogen (secondary N) is 1. The van der Waals surface area contributed by atoms with Gasteiger partial charge in [0.05, 0.1) is 11.7 Å². The van der Waals surface area contributed by atoms with Crippen molar-refractivity contribution in [1.29, 1.82) is 0 Å². The lowest BCUT2D eigenvalue weighted by Crippen LogP contribution is -2.49. The van der Waals surface area contributed by atoms with Crippen molar-refractivity contribution < 1.29 is 14.3 Å². The van der Waals surface area contributed by atoms with E-state index in [1.165, 1.54) is 0 Å². The van der Waals surface area contributed by atoms with Crippen LogP contribution in [0, 0.1) is 13.8 Å². The number of esters is 1. The molecule has 1 aromatic carbocycles. The van der Waals surface area contributed by atoms with Crippen LogP contribution in [0.3, 0.4) is 0 Å². The van der Waals surface area contributed by atoms with Crippen LogP contribution in [0.1, 0.15) is 46.0 Å². The van der Waals surface area contributed by atoms with Crippen molar-refractivity contribution in [3.8, 4) is 11.4 Å². The molecule has 0 bridgehead atoms. The Kier molecular flexibility index (Phi) is 6.44. The number of carbonyl (C=O) groups is 2. The van der Waals surface area contributed by atoms with Crippen molar-refractivity contribution in [2.45, 2.75) is 33.8 Å². The van der Waals surface area contributed by atoms with Crippen molar-refractivity contribution in [2.24, 2.45) is 0 Å². The van der Waals surface area contributed by atoms with Gasteiger partial charge in [0.2, 0.25) is 0 Å². The Morgan fingerprint density at radius 3 is 2.39 bits per heavy atom. The Bertz CT molecular complexity index is 1150. The summed E-state index contributed by atoms with van der Waals surface area (Å²) in [5.41, 5.74) is 3.14. The van der Waals surface area contributed by atoms with Gasteiger partial charge in [-0.3, -0.25) is 4.79 Å². The summed E-state index contributed by atoms with van der Waals surface area (Å²) >= 11 is 0. The predicted octanol–water partition coefficient (Wildman–Crippen LogP) is 3.62. The zero-order chi connectivity index (χ0) is 23.5. The number of aromatic nitrogens is 3. The van der Waals surface area contributed by atoms with Gasteiger partial charge in [-0.1, -0.05) is 30.3 Å². The molecule has 0 spiro atoms. The average Bonchev–Trinajstić information content (AvgIpc) is 3.12. The number of hydrogen-bond donors (Lipinski definition) is 1. The predicted molar refractivity (Wildman–Crippen MR) is 126 cm³/mol. The monoisotopic (exact) mass is 447 g/mol. The summed E-state index contributed by atoms with van der Waals surface area (Å²) in [7, 11) is 0. The maximum atomic E-state index is 13.2. The van der Waals surface area contributed by atoms with Gasteiger partial charge < -0.3 is 19.5 Å². The Morgan fingerprint density at radius 2 is 1.73 bits per heavy atom. The lowest BCUT2D eigenvalue weighted by molar-refractivity contribution is 0.0376. The third-order valence-electron chi connectivity index (χ3n) is 5.76. The molecule has 3 heterocycles. The van der Waals surface area contributed by atoms with Gasteiger partial charge in [-0.15, -0.1) is 0 Å². The van der Waals surface area contributed by atoms with Crippen LogP contribution in [0.2, 0.25) is 0 Å². The minimum absolute atomic E-state index is 0.105. The fraction of sp³-hybridized carbons (Fsp3) is 0.360. The highest BCUT2D eigenvalue weighted by atomic mass is 16.5. The summed E-state index contributed by atoms with van der Waals surface area (Å²) in [6, 6.07) is 11.8. The van der Waals surface area contributed by atoms with Crippen LogP contribution in [-0.4, -0.2) is 64.0 Å². The zero-order valence-corrected chi connectivity index (χ0v) is 19.5. The van der Waals surface area contributed by atoms with Gasteiger partial charge >= 0.3 is 5.97 Å². The van der Waals surface area contributed by atoms with E-state index in [1.807, 2.05) is 41.3 Å².